The highest BCUT2D eigenvalue weighted by Crippen LogP contribution is 2.59. The lowest BCUT2D eigenvalue weighted by Gasteiger charge is -2.31. The first-order valence-electron chi connectivity index (χ1n) is 21.1. The predicted octanol–water partition coefficient (Wildman–Crippen LogP) is 5.95. The van der Waals surface area contributed by atoms with Crippen LogP contribution < -0.4 is 10.6 Å². The van der Waals surface area contributed by atoms with Crippen LogP contribution in [0.25, 0.3) is 6.08 Å². The Balaban J connectivity index is 0.897. The first-order chi connectivity index (χ1) is 27.9. The maximum absolute atomic E-state index is 13.8. The summed E-state index contributed by atoms with van der Waals surface area (Å²) in [5.74, 6) is -1.24. The molecule has 2 amide bonds. The molecule has 2 aromatic carbocycles. The lowest BCUT2D eigenvalue weighted by atomic mass is 9.89. The zero-order valence-corrected chi connectivity index (χ0v) is 33.7. The summed E-state index contributed by atoms with van der Waals surface area (Å²) < 4.78 is 30.7. The number of esters is 2. The van der Waals surface area contributed by atoms with Gasteiger partial charge in [0.15, 0.2) is 5.79 Å². The second-order valence-electron chi connectivity index (χ2n) is 17.9. The summed E-state index contributed by atoms with van der Waals surface area (Å²) in [4.78, 5) is 52.7. The highest BCUT2D eigenvalue weighted by molar-refractivity contribution is 5.95. The zero-order valence-electron chi connectivity index (χ0n) is 33.7. The molecule has 58 heavy (non-hydrogen) atoms. The average molecular weight is 797 g/mol. The standard InChI is InChI=1S/C46H56N2O10/c1-45(2,3)57-40(50)20-18-35(26-49)48-43(52)31-6-4-5-29(21-31)25-47-42(51)32-23-38(41-39(24-32)56-46(58-41,33-14-15-33)34-16-17-34)55-44(53)30-12-9-27(10-13-30)7-8-28-11-19-36-37(22-28)54-36/h4-10,12-13,21,24,28,33-39,41,49H,11,14-20,22-23,25-26H2,1-3H3,(H,47,51)(H,48,52). The van der Waals surface area contributed by atoms with Gasteiger partial charge in [-0.25, -0.2) is 4.79 Å². The number of rotatable bonds is 15. The minimum absolute atomic E-state index is 0.0500. The number of epoxide rings is 1. The quantitative estimate of drug-likeness (QED) is 0.145. The molecule has 7 unspecified atom stereocenters. The van der Waals surface area contributed by atoms with E-state index in [0.717, 1.165) is 50.5 Å². The van der Waals surface area contributed by atoms with Gasteiger partial charge in [0, 0.05) is 42.4 Å². The van der Waals surface area contributed by atoms with E-state index in [2.05, 4.69) is 22.8 Å². The first kappa shape index (κ1) is 40.4. The topological polar surface area (TPSA) is 162 Å². The fraction of sp³-hybridized carbons (Fsp3) is 0.565. The SMILES string of the molecule is CC(C)(C)OC(=O)CCC(CO)NC(=O)c1cccc(CNC(=O)C2=CC3OC(C4CC4)(C4CC4)OC3C(OC(=O)c3ccc(C=CC4CCC5OC5C4)cc3)C2)c1. The fourth-order valence-electron chi connectivity index (χ4n) is 8.64. The van der Waals surface area contributed by atoms with Crippen LogP contribution in [-0.2, 0) is 39.8 Å². The molecule has 0 spiro atoms. The van der Waals surface area contributed by atoms with Crippen molar-refractivity contribution in [2.45, 2.75) is 139 Å². The normalized spacial score (nSPS) is 27.8. The summed E-state index contributed by atoms with van der Waals surface area (Å²) in [7, 11) is 0. The van der Waals surface area contributed by atoms with Crippen LogP contribution in [0.4, 0.5) is 0 Å². The molecule has 7 atom stereocenters. The summed E-state index contributed by atoms with van der Waals surface area (Å²) in [6, 6.07) is 13.6. The van der Waals surface area contributed by atoms with Gasteiger partial charge in [-0.15, -0.1) is 0 Å². The van der Waals surface area contributed by atoms with Crippen molar-refractivity contribution in [3.8, 4) is 0 Å². The lowest BCUT2D eigenvalue weighted by Crippen LogP contribution is -2.44. The number of carbonyl (C=O) groups excluding carboxylic acids is 4. The van der Waals surface area contributed by atoms with Crippen molar-refractivity contribution in [1.82, 2.24) is 10.6 Å². The number of hydrogen-bond acceptors (Lipinski definition) is 10. The number of carbonyl (C=O) groups is 4. The van der Waals surface area contributed by atoms with Crippen LogP contribution in [0.2, 0.25) is 0 Å². The molecule has 8 rings (SSSR count). The number of hydrogen-bond donors (Lipinski definition) is 3. The molecule has 2 saturated heterocycles. The van der Waals surface area contributed by atoms with Crippen LogP contribution in [-0.4, -0.2) is 83.4 Å². The van der Waals surface area contributed by atoms with Gasteiger partial charge >= 0.3 is 11.9 Å². The molecule has 0 radical (unpaired) electrons. The van der Waals surface area contributed by atoms with E-state index in [1.807, 2.05) is 18.2 Å². The Morgan fingerprint density at radius 1 is 0.931 bits per heavy atom. The summed E-state index contributed by atoms with van der Waals surface area (Å²) in [5, 5.41) is 15.6. The third-order valence-corrected chi connectivity index (χ3v) is 12.0. The lowest BCUT2D eigenvalue weighted by molar-refractivity contribution is -0.209. The Morgan fingerprint density at radius 2 is 1.69 bits per heavy atom. The number of ether oxygens (including phenoxy) is 5. The Kier molecular flexibility index (Phi) is 11.6. The van der Waals surface area contributed by atoms with E-state index < -0.39 is 53.6 Å². The van der Waals surface area contributed by atoms with E-state index in [9.17, 15) is 24.3 Å². The van der Waals surface area contributed by atoms with Gasteiger partial charge in [0.2, 0.25) is 5.91 Å². The molecule has 4 aliphatic carbocycles. The summed E-state index contributed by atoms with van der Waals surface area (Å²) >= 11 is 0. The van der Waals surface area contributed by atoms with E-state index in [-0.39, 0.29) is 38.3 Å². The van der Waals surface area contributed by atoms with Gasteiger partial charge in [-0.1, -0.05) is 36.4 Å². The minimum Gasteiger partial charge on any atom is -0.460 e. The molecule has 2 heterocycles. The van der Waals surface area contributed by atoms with E-state index in [1.165, 1.54) is 0 Å². The van der Waals surface area contributed by atoms with Gasteiger partial charge in [0.05, 0.1) is 30.4 Å². The van der Waals surface area contributed by atoms with Crippen molar-refractivity contribution in [1.29, 1.82) is 0 Å². The molecular formula is C46H56N2O10. The molecule has 3 saturated carbocycles. The van der Waals surface area contributed by atoms with E-state index >= 15 is 0 Å². The third-order valence-electron chi connectivity index (χ3n) is 12.0. The molecule has 6 aliphatic rings. The van der Waals surface area contributed by atoms with Crippen molar-refractivity contribution < 1.29 is 48.0 Å². The Morgan fingerprint density at radius 3 is 2.38 bits per heavy atom. The maximum atomic E-state index is 13.8. The second-order valence-corrected chi connectivity index (χ2v) is 17.9. The van der Waals surface area contributed by atoms with Gasteiger partial charge < -0.3 is 39.4 Å². The number of fused-ring (bicyclic) bond motifs is 2. The van der Waals surface area contributed by atoms with Crippen molar-refractivity contribution >= 4 is 29.8 Å². The molecule has 2 aromatic rings. The van der Waals surface area contributed by atoms with Crippen LogP contribution in [0.15, 0.2) is 66.3 Å². The van der Waals surface area contributed by atoms with Crippen LogP contribution in [0.3, 0.4) is 0 Å². The van der Waals surface area contributed by atoms with Gasteiger partial charge in [-0.3, -0.25) is 14.4 Å². The zero-order chi connectivity index (χ0) is 40.6. The smallest absolute Gasteiger partial charge is 0.338 e. The third kappa shape index (κ3) is 9.73. The van der Waals surface area contributed by atoms with Crippen LogP contribution in [0.1, 0.15) is 117 Å². The molecule has 0 aromatic heterocycles. The van der Waals surface area contributed by atoms with Crippen molar-refractivity contribution in [2.75, 3.05) is 6.61 Å². The first-order valence-corrected chi connectivity index (χ1v) is 21.1. The molecule has 2 aliphatic heterocycles. The molecule has 12 nitrogen and oxygen atoms in total. The molecular weight excluding hydrogens is 741 g/mol. The summed E-state index contributed by atoms with van der Waals surface area (Å²) in [5.41, 5.74) is 2.30. The molecule has 12 heteroatoms. The van der Waals surface area contributed by atoms with Crippen molar-refractivity contribution in [3.05, 3.63) is 88.5 Å². The van der Waals surface area contributed by atoms with Crippen LogP contribution in [0, 0.1) is 17.8 Å². The Bertz CT molecular complexity index is 1910. The number of nitrogens with one attached hydrogen (secondary N) is 2. The van der Waals surface area contributed by atoms with Gasteiger partial charge in [-0.05, 0) is 120 Å². The number of aliphatic hydroxyl groups is 1. The van der Waals surface area contributed by atoms with Gasteiger partial charge in [-0.2, -0.15) is 0 Å². The molecule has 3 N–H and O–H groups in total. The van der Waals surface area contributed by atoms with Crippen LogP contribution >= 0.6 is 0 Å². The summed E-state index contributed by atoms with van der Waals surface area (Å²) in [6.07, 6.45) is 13.1. The van der Waals surface area contributed by atoms with E-state index in [0.29, 0.717) is 52.2 Å². The van der Waals surface area contributed by atoms with E-state index in [4.69, 9.17) is 23.7 Å². The number of benzene rings is 2. The highest BCUT2D eigenvalue weighted by atomic mass is 16.8. The number of aliphatic hydroxyl groups excluding tert-OH is 1. The van der Waals surface area contributed by atoms with E-state index in [1.54, 1.807) is 57.2 Å². The van der Waals surface area contributed by atoms with Crippen molar-refractivity contribution in [3.63, 3.8) is 0 Å². The number of amides is 2. The molecule has 0 bridgehead atoms. The highest BCUT2D eigenvalue weighted by Gasteiger charge is 2.64. The molecule has 5 fully saturated rings. The largest absolute Gasteiger partial charge is 0.460 e. The monoisotopic (exact) mass is 796 g/mol. The van der Waals surface area contributed by atoms with Crippen molar-refractivity contribution in [2.24, 2.45) is 17.8 Å². The average Bonchev–Trinajstić information content (AvgIpc) is 4.07. The second kappa shape index (κ2) is 16.7. The minimum atomic E-state index is -0.733. The summed E-state index contributed by atoms with van der Waals surface area (Å²) in [6.45, 7) is 5.15. The maximum Gasteiger partial charge on any atom is 0.338 e. The Hall–Kier alpha value is -4.36. The van der Waals surface area contributed by atoms with Gasteiger partial charge in [0.25, 0.3) is 5.91 Å². The van der Waals surface area contributed by atoms with Gasteiger partial charge in [0.1, 0.15) is 23.9 Å². The molecule has 310 valence electrons. The predicted molar refractivity (Wildman–Crippen MR) is 213 cm³/mol. The van der Waals surface area contributed by atoms with Crippen LogP contribution in [0.5, 0.6) is 0 Å². The Labute approximate surface area is 340 Å². The fourth-order valence-corrected chi connectivity index (χ4v) is 8.64. The number of allylic oxidation sites excluding steroid dienone is 1.